The largest absolute Gasteiger partial charge is 0.497 e. The second kappa shape index (κ2) is 8.54. The number of hydrogen-bond acceptors (Lipinski definition) is 6. The van der Waals surface area contributed by atoms with E-state index in [2.05, 4.69) is 15.5 Å². The van der Waals surface area contributed by atoms with Crippen molar-refractivity contribution in [2.75, 3.05) is 18.7 Å². The maximum Gasteiger partial charge on any atom is 0.230 e. The maximum absolute atomic E-state index is 13.9. The van der Waals surface area contributed by atoms with E-state index in [9.17, 15) is 9.18 Å². The Morgan fingerprint density at radius 3 is 2.67 bits per heavy atom. The molecule has 140 valence electrons. The molecule has 0 spiro atoms. The molecule has 3 N–H and O–H groups in total. The summed E-state index contributed by atoms with van der Waals surface area (Å²) in [6.07, 6.45) is 0. The zero-order chi connectivity index (χ0) is 19.2. The molecule has 0 saturated heterocycles. The van der Waals surface area contributed by atoms with Crippen LogP contribution in [0, 0.1) is 5.82 Å². The third-order valence-corrected chi connectivity index (χ3v) is 4.70. The lowest BCUT2D eigenvalue weighted by Crippen LogP contribution is -2.25. The number of rotatable bonds is 7. The predicted molar refractivity (Wildman–Crippen MR) is 101 cm³/mol. The number of methoxy groups -OCH3 is 1. The number of nitrogens with zero attached hydrogens (tertiary/aromatic N) is 3. The van der Waals surface area contributed by atoms with Gasteiger partial charge >= 0.3 is 0 Å². The van der Waals surface area contributed by atoms with Crippen LogP contribution in [0.25, 0.3) is 11.4 Å². The van der Waals surface area contributed by atoms with E-state index in [0.29, 0.717) is 11.7 Å². The fraction of sp³-hybridized carbons (Fsp3) is 0.167. The molecule has 0 aliphatic carbocycles. The molecular weight excluding hydrogens is 369 g/mol. The Bertz CT molecular complexity index is 930. The first-order valence-corrected chi connectivity index (χ1v) is 9.05. The molecule has 1 amide bonds. The van der Waals surface area contributed by atoms with Gasteiger partial charge in [0.2, 0.25) is 11.1 Å². The van der Waals surface area contributed by atoms with E-state index >= 15 is 0 Å². The van der Waals surface area contributed by atoms with Crippen molar-refractivity contribution in [1.29, 1.82) is 0 Å². The summed E-state index contributed by atoms with van der Waals surface area (Å²) in [5.74, 6) is 6.40. The first-order chi connectivity index (χ1) is 13.1. The van der Waals surface area contributed by atoms with Gasteiger partial charge in [-0.1, -0.05) is 36.0 Å². The molecule has 7 nitrogen and oxygen atoms in total. The molecule has 1 heterocycles. The minimum Gasteiger partial charge on any atom is -0.497 e. The van der Waals surface area contributed by atoms with Gasteiger partial charge in [0.1, 0.15) is 11.6 Å². The number of aromatic nitrogens is 3. The molecule has 0 radical (unpaired) electrons. The minimum absolute atomic E-state index is 0.114. The number of carbonyl (C=O) groups excluding carboxylic acids is 1. The lowest BCUT2D eigenvalue weighted by Gasteiger charge is -2.07. The lowest BCUT2D eigenvalue weighted by atomic mass is 10.2. The molecule has 0 bridgehead atoms. The first-order valence-electron chi connectivity index (χ1n) is 8.06. The van der Waals surface area contributed by atoms with Gasteiger partial charge in [-0.2, -0.15) is 0 Å². The Morgan fingerprint density at radius 1 is 1.22 bits per heavy atom. The van der Waals surface area contributed by atoms with Crippen LogP contribution in [0.5, 0.6) is 5.75 Å². The number of amides is 1. The van der Waals surface area contributed by atoms with Crippen LogP contribution in [-0.4, -0.2) is 33.6 Å². The van der Waals surface area contributed by atoms with Crippen molar-refractivity contribution in [3.8, 4) is 17.1 Å². The van der Waals surface area contributed by atoms with Gasteiger partial charge in [0.05, 0.1) is 18.4 Å². The van der Waals surface area contributed by atoms with Crippen LogP contribution in [0.4, 0.5) is 4.39 Å². The molecule has 3 rings (SSSR count). The Balaban J connectivity index is 1.55. The predicted octanol–water partition coefficient (Wildman–Crippen LogP) is 2.22. The van der Waals surface area contributed by atoms with Crippen LogP contribution in [0.1, 0.15) is 5.56 Å². The number of benzene rings is 2. The Hall–Kier alpha value is -3.07. The maximum atomic E-state index is 13.9. The number of nitrogens with one attached hydrogen (secondary N) is 1. The number of hydrogen-bond donors (Lipinski definition) is 2. The zero-order valence-corrected chi connectivity index (χ0v) is 15.4. The molecule has 3 aromatic rings. The molecule has 27 heavy (non-hydrogen) atoms. The van der Waals surface area contributed by atoms with Gasteiger partial charge < -0.3 is 15.9 Å². The fourth-order valence-electron chi connectivity index (χ4n) is 2.33. The van der Waals surface area contributed by atoms with Crippen molar-refractivity contribution in [3.05, 3.63) is 59.9 Å². The summed E-state index contributed by atoms with van der Waals surface area (Å²) in [5, 5.41) is 11.0. The van der Waals surface area contributed by atoms with Gasteiger partial charge in [-0.3, -0.25) is 4.79 Å². The van der Waals surface area contributed by atoms with E-state index in [4.69, 9.17) is 10.6 Å². The smallest absolute Gasteiger partial charge is 0.230 e. The molecule has 0 aliphatic heterocycles. The summed E-state index contributed by atoms with van der Waals surface area (Å²) in [6, 6.07) is 13.6. The van der Waals surface area contributed by atoms with Gasteiger partial charge in [0.15, 0.2) is 5.82 Å². The molecule has 0 atom stereocenters. The number of nitrogen functional groups attached to an aromatic ring is 1. The number of halogens is 1. The van der Waals surface area contributed by atoms with Crippen molar-refractivity contribution in [2.24, 2.45) is 0 Å². The van der Waals surface area contributed by atoms with Crippen molar-refractivity contribution >= 4 is 17.7 Å². The van der Waals surface area contributed by atoms with Crippen LogP contribution >= 0.6 is 11.8 Å². The summed E-state index contributed by atoms with van der Waals surface area (Å²) in [5.41, 5.74) is 1.21. The van der Waals surface area contributed by atoms with Crippen molar-refractivity contribution < 1.29 is 13.9 Å². The van der Waals surface area contributed by atoms with E-state index < -0.39 is 5.82 Å². The van der Waals surface area contributed by atoms with Gasteiger partial charge in [-0.25, -0.2) is 9.07 Å². The van der Waals surface area contributed by atoms with Gasteiger partial charge in [0.25, 0.3) is 0 Å². The highest BCUT2D eigenvalue weighted by atomic mass is 32.2. The SMILES string of the molecule is COc1ccc(CNC(=O)CSc2nnc(-c3ccccc3F)n2N)cc1. The quantitative estimate of drug-likeness (QED) is 0.477. The van der Waals surface area contributed by atoms with E-state index in [-0.39, 0.29) is 23.0 Å². The van der Waals surface area contributed by atoms with E-state index in [1.54, 1.807) is 25.3 Å². The number of nitrogens with two attached hydrogens (primary N) is 1. The van der Waals surface area contributed by atoms with Gasteiger partial charge in [0, 0.05) is 6.54 Å². The third-order valence-electron chi connectivity index (χ3n) is 3.76. The van der Waals surface area contributed by atoms with E-state index in [1.165, 1.54) is 10.7 Å². The number of thioether (sulfide) groups is 1. The average Bonchev–Trinajstić information content (AvgIpc) is 3.06. The molecular formula is C18H18FN5O2S. The van der Waals surface area contributed by atoms with Crippen LogP contribution in [0.2, 0.25) is 0 Å². The topological polar surface area (TPSA) is 95.1 Å². The first kappa shape index (κ1) is 18.7. The second-order valence-electron chi connectivity index (χ2n) is 5.57. The number of ether oxygens (including phenoxy) is 1. The van der Waals surface area contributed by atoms with E-state index in [1.807, 2.05) is 24.3 Å². The zero-order valence-electron chi connectivity index (χ0n) is 14.6. The Labute approximate surface area is 159 Å². The van der Waals surface area contributed by atoms with Crippen LogP contribution in [0.3, 0.4) is 0 Å². The van der Waals surface area contributed by atoms with Crippen LogP contribution < -0.4 is 15.9 Å². The Morgan fingerprint density at radius 2 is 1.96 bits per heavy atom. The highest BCUT2D eigenvalue weighted by molar-refractivity contribution is 7.99. The molecule has 0 aliphatic rings. The Kier molecular flexibility index (Phi) is 5.92. The standard InChI is InChI=1S/C18H18FN5O2S/c1-26-13-8-6-12(7-9-13)10-21-16(25)11-27-18-23-22-17(24(18)20)14-4-2-3-5-15(14)19/h2-9H,10-11,20H2,1H3,(H,21,25). The van der Waals surface area contributed by atoms with Crippen molar-refractivity contribution in [1.82, 2.24) is 20.2 Å². The summed E-state index contributed by atoms with van der Waals surface area (Å²) in [4.78, 5) is 12.0. The minimum atomic E-state index is -0.439. The van der Waals surface area contributed by atoms with E-state index in [0.717, 1.165) is 23.1 Å². The summed E-state index contributed by atoms with van der Waals surface area (Å²) in [6.45, 7) is 0.402. The second-order valence-corrected chi connectivity index (χ2v) is 6.51. The summed E-state index contributed by atoms with van der Waals surface area (Å²) >= 11 is 1.13. The highest BCUT2D eigenvalue weighted by Gasteiger charge is 2.16. The number of carbonyl (C=O) groups is 1. The summed E-state index contributed by atoms with van der Waals surface area (Å²) < 4.78 is 20.1. The average molecular weight is 387 g/mol. The van der Waals surface area contributed by atoms with Gasteiger partial charge in [-0.05, 0) is 29.8 Å². The van der Waals surface area contributed by atoms with Gasteiger partial charge in [-0.15, -0.1) is 10.2 Å². The molecule has 0 fully saturated rings. The summed E-state index contributed by atoms with van der Waals surface area (Å²) in [7, 11) is 1.60. The van der Waals surface area contributed by atoms with Crippen molar-refractivity contribution in [2.45, 2.75) is 11.7 Å². The monoisotopic (exact) mass is 387 g/mol. The molecule has 0 saturated carbocycles. The normalized spacial score (nSPS) is 10.6. The lowest BCUT2D eigenvalue weighted by molar-refractivity contribution is -0.118. The molecule has 0 unspecified atom stereocenters. The highest BCUT2D eigenvalue weighted by Crippen LogP contribution is 2.23. The fourth-order valence-corrected chi connectivity index (χ4v) is 3.01. The van der Waals surface area contributed by atoms with Crippen LogP contribution in [-0.2, 0) is 11.3 Å². The third kappa shape index (κ3) is 4.56. The molecule has 9 heteroatoms. The molecule has 1 aromatic heterocycles. The molecule has 2 aromatic carbocycles. The van der Waals surface area contributed by atoms with Crippen LogP contribution in [0.15, 0.2) is 53.7 Å². The van der Waals surface area contributed by atoms with Crippen molar-refractivity contribution in [3.63, 3.8) is 0 Å².